The lowest BCUT2D eigenvalue weighted by Gasteiger charge is -1.97. The normalized spacial score (nSPS) is 11.4. The molecule has 3 heteroatoms. The van der Waals surface area contributed by atoms with E-state index in [2.05, 4.69) is 0 Å². The first-order valence-electron chi connectivity index (χ1n) is 5.80. The van der Waals surface area contributed by atoms with Crippen molar-refractivity contribution in [2.24, 2.45) is 0 Å². The smallest absolute Gasteiger partial charge is 0.119 e. The molecular formula is C16H14O3. The van der Waals surface area contributed by atoms with Gasteiger partial charge in [-0.1, -0.05) is 36.4 Å². The maximum atomic E-state index is 9.32. The second-order valence-corrected chi connectivity index (χ2v) is 4.09. The summed E-state index contributed by atoms with van der Waals surface area (Å²) in [5.41, 5.74) is 1.69. The fraction of sp³-hybridized carbons (Fsp3) is 0. The Labute approximate surface area is 111 Å². The van der Waals surface area contributed by atoms with Crippen LogP contribution in [0, 0.1) is 0 Å². The third-order valence-electron chi connectivity index (χ3n) is 2.51. The lowest BCUT2D eigenvalue weighted by Crippen LogP contribution is -1.72. The minimum absolute atomic E-state index is 0.0298. The van der Waals surface area contributed by atoms with Crippen molar-refractivity contribution in [1.82, 2.24) is 0 Å². The average Bonchev–Trinajstić information content (AvgIpc) is 2.36. The van der Waals surface area contributed by atoms with Crippen LogP contribution in [-0.4, -0.2) is 15.3 Å². The Morgan fingerprint density at radius 3 is 1.68 bits per heavy atom. The molecule has 19 heavy (non-hydrogen) atoms. The molecule has 0 radical (unpaired) electrons. The molecule has 3 N–H and O–H groups in total. The summed E-state index contributed by atoms with van der Waals surface area (Å²) in [6.07, 6.45) is 7.31. The van der Waals surface area contributed by atoms with Crippen molar-refractivity contribution in [3.8, 4) is 17.2 Å². The van der Waals surface area contributed by atoms with Crippen LogP contribution in [0.5, 0.6) is 17.2 Å². The molecular weight excluding hydrogens is 240 g/mol. The summed E-state index contributed by atoms with van der Waals surface area (Å²) in [6, 6.07) is 11.3. The lowest BCUT2D eigenvalue weighted by molar-refractivity contribution is 0.450. The standard InChI is InChI=1S/C16H14O3/c17-14-7-5-12(6-8-14)3-1-2-4-13-9-15(18)11-16(19)10-13/h1-11,17-19H/b3-1?,4-2+. The van der Waals surface area contributed by atoms with Crippen LogP contribution >= 0.6 is 0 Å². The second-order valence-electron chi connectivity index (χ2n) is 4.09. The molecule has 0 atom stereocenters. The van der Waals surface area contributed by atoms with Gasteiger partial charge in [-0.05, 0) is 35.4 Å². The van der Waals surface area contributed by atoms with E-state index in [4.69, 9.17) is 5.11 Å². The highest BCUT2D eigenvalue weighted by molar-refractivity contribution is 5.59. The van der Waals surface area contributed by atoms with Crippen LogP contribution in [0.2, 0.25) is 0 Å². The summed E-state index contributed by atoms with van der Waals surface area (Å²) < 4.78 is 0. The molecule has 0 heterocycles. The molecule has 2 aromatic rings. The minimum Gasteiger partial charge on any atom is -0.508 e. The summed E-state index contributed by atoms with van der Waals surface area (Å²) in [5.74, 6) is 0.298. The molecule has 0 fully saturated rings. The zero-order valence-corrected chi connectivity index (χ0v) is 10.2. The van der Waals surface area contributed by atoms with Crippen LogP contribution in [0.4, 0.5) is 0 Å². The number of hydrogen-bond donors (Lipinski definition) is 3. The van der Waals surface area contributed by atoms with Crippen LogP contribution in [0.1, 0.15) is 11.1 Å². The number of hydrogen-bond acceptors (Lipinski definition) is 3. The Bertz CT molecular complexity index is 590. The van der Waals surface area contributed by atoms with Crippen molar-refractivity contribution < 1.29 is 15.3 Å². The number of aromatic hydroxyl groups is 3. The van der Waals surface area contributed by atoms with Gasteiger partial charge in [0.15, 0.2) is 0 Å². The fourth-order valence-corrected chi connectivity index (χ4v) is 1.63. The van der Waals surface area contributed by atoms with Gasteiger partial charge in [0, 0.05) is 6.07 Å². The molecule has 0 aromatic heterocycles. The first-order chi connectivity index (χ1) is 9.13. The summed E-state index contributed by atoms with van der Waals surface area (Å²) in [6.45, 7) is 0. The summed E-state index contributed by atoms with van der Waals surface area (Å²) in [5, 5.41) is 27.8. The summed E-state index contributed by atoms with van der Waals surface area (Å²) >= 11 is 0. The van der Waals surface area contributed by atoms with E-state index in [1.54, 1.807) is 48.6 Å². The molecule has 96 valence electrons. The quantitative estimate of drug-likeness (QED) is 0.734. The Hall–Kier alpha value is -2.68. The fourth-order valence-electron chi connectivity index (χ4n) is 1.63. The molecule has 0 saturated carbocycles. The number of phenolic OH excluding ortho intramolecular Hbond substituents is 3. The van der Waals surface area contributed by atoms with Gasteiger partial charge in [-0.15, -0.1) is 0 Å². The zero-order valence-electron chi connectivity index (χ0n) is 10.2. The van der Waals surface area contributed by atoms with Gasteiger partial charge in [0.25, 0.3) is 0 Å². The Kier molecular flexibility index (Phi) is 3.88. The van der Waals surface area contributed by atoms with E-state index >= 15 is 0 Å². The molecule has 2 aromatic carbocycles. The first kappa shape index (κ1) is 12.8. The van der Waals surface area contributed by atoms with Crippen molar-refractivity contribution >= 4 is 12.2 Å². The number of phenols is 3. The van der Waals surface area contributed by atoms with Gasteiger partial charge in [0.05, 0.1) is 0 Å². The van der Waals surface area contributed by atoms with Crippen molar-refractivity contribution in [3.63, 3.8) is 0 Å². The Morgan fingerprint density at radius 2 is 1.11 bits per heavy atom. The van der Waals surface area contributed by atoms with E-state index in [9.17, 15) is 10.2 Å². The molecule has 0 spiro atoms. The maximum Gasteiger partial charge on any atom is 0.119 e. The van der Waals surface area contributed by atoms with Crippen molar-refractivity contribution in [2.45, 2.75) is 0 Å². The van der Waals surface area contributed by atoms with Gasteiger partial charge >= 0.3 is 0 Å². The molecule has 3 nitrogen and oxygen atoms in total. The second kappa shape index (κ2) is 5.78. The van der Waals surface area contributed by atoms with Gasteiger partial charge in [0.1, 0.15) is 17.2 Å². The lowest BCUT2D eigenvalue weighted by atomic mass is 10.1. The van der Waals surface area contributed by atoms with E-state index in [1.165, 1.54) is 6.07 Å². The van der Waals surface area contributed by atoms with Gasteiger partial charge in [-0.25, -0.2) is 0 Å². The van der Waals surface area contributed by atoms with E-state index < -0.39 is 0 Å². The molecule has 0 unspecified atom stereocenters. The first-order valence-corrected chi connectivity index (χ1v) is 5.80. The molecule has 0 aliphatic rings. The maximum absolute atomic E-state index is 9.32. The SMILES string of the molecule is Oc1ccc(C=C/C=C/c2cc(O)cc(O)c2)cc1. The minimum atomic E-state index is 0.0298. The highest BCUT2D eigenvalue weighted by atomic mass is 16.3. The van der Waals surface area contributed by atoms with Crippen LogP contribution in [-0.2, 0) is 0 Å². The monoisotopic (exact) mass is 254 g/mol. The Balaban J connectivity index is 2.05. The van der Waals surface area contributed by atoms with E-state index in [1.807, 2.05) is 12.2 Å². The number of benzene rings is 2. The van der Waals surface area contributed by atoms with Gasteiger partial charge in [0.2, 0.25) is 0 Å². The molecule has 2 rings (SSSR count). The van der Waals surface area contributed by atoms with Crippen LogP contribution in [0.3, 0.4) is 0 Å². The molecule has 0 amide bonds. The molecule has 0 saturated heterocycles. The topological polar surface area (TPSA) is 60.7 Å². The van der Waals surface area contributed by atoms with Gasteiger partial charge in [-0.2, -0.15) is 0 Å². The zero-order chi connectivity index (χ0) is 13.7. The molecule has 0 aliphatic carbocycles. The van der Waals surface area contributed by atoms with Crippen molar-refractivity contribution in [1.29, 1.82) is 0 Å². The number of allylic oxidation sites excluding steroid dienone is 2. The highest BCUT2D eigenvalue weighted by Gasteiger charge is 1.94. The molecule has 0 aliphatic heterocycles. The van der Waals surface area contributed by atoms with Crippen LogP contribution in [0.25, 0.3) is 12.2 Å². The highest BCUT2D eigenvalue weighted by Crippen LogP contribution is 2.21. The van der Waals surface area contributed by atoms with E-state index in [0.717, 1.165) is 5.56 Å². The largest absolute Gasteiger partial charge is 0.508 e. The summed E-state index contributed by atoms with van der Waals surface area (Å²) in [7, 11) is 0. The third-order valence-corrected chi connectivity index (χ3v) is 2.51. The predicted molar refractivity (Wildman–Crippen MR) is 75.9 cm³/mol. The third kappa shape index (κ3) is 3.92. The predicted octanol–water partition coefficient (Wildman–Crippen LogP) is 3.53. The van der Waals surface area contributed by atoms with Crippen molar-refractivity contribution in [2.75, 3.05) is 0 Å². The van der Waals surface area contributed by atoms with Crippen molar-refractivity contribution in [3.05, 3.63) is 65.7 Å². The van der Waals surface area contributed by atoms with Gasteiger partial charge < -0.3 is 15.3 Å². The van der Waals surface area contributed by atoms with E-state index in [-0.39, 0.29) is 17.2 Å². The summed E-state index contributed by atoms with van der Waals surface area (Å²) in [4.78, 5) is 0. The average molecular weight is 254 g/mol. The van der Waals surface area contributed by atoms with E-state index in [0.29, 0.717) is 5.56 Å². The molecule has 0 bridgehead atoms. The number of rotatable bonds is 3. The Morgan fingerprint density at radius 1 is 0.579 bits per heavy atom. The van der Waals surface area contributed by atoms with Gasteiger partial charge in [-0.3, -0.25) is 0 Å². The van der Waals surface area contributed by atoms with Crippen LogP contribution in [0.15, 0.2) is 54.6 Å². The van der Waals surface area contributed by atoms with Crippen LogP contribution < -0.4 is 0 Å².